The number of allylic oxidation sites excluding steroid dienone is 1. The molecule has 1 heteroatoms. The summed E-state index contributed by atoms with van der Waals surface area (Å²) >= 11 is 0. The molecule has 1 unspecified atom stereocenters. The normalized spacial score (nSPS) is 17.7. The molecule has 0 heterocycles. The maximum Gasteiger partial charge on any atom is 0.0823 e. The SMILES string of the molecule is [B]C1C(C)=Cc2c(-c3ccccc3)cccc21. The summed E-state index contributed by atoms with van der Waals surface area (Å²) in [5.41, 5.74) is 6.29. The van der Waals surface area contributed by atoms with Crippen LogP contribution in [0.3, 0.4) is 0 Å². The molecule has 17 heavy (non-hydrogen) atoms. The van der Waals surface area contributed by atoms with Gasteiger partial charge in [0.1, 0.15) is 0 Å². The lowest BCUT2D eigenvalue weighted by Gasteiger charge is -2.11. The van der Waals surface area contributed by atoms with Gasteiger partial charge in [0.2, 0.25) is 0 Å². The van der Waals surface area contributed by atoms with Crippen LogP contribution >= 0.6 is 0 Å². The van der Waals surface area contributed by atoms with Gasteiger partial charge in [0.25, 0.3) is 0 Å². The number of hydrogen-bond donors (Lipinski definition) is 0. The second kappa shape index (κ2) is 3.92. The Morgan fingerprint density at radius 1 is 0.941 bits per heavy atom. The van der Waals surface area contributed by atoms with Crippen LogP contribution in [0.1, 0.15) is 23.9 Å². The van der Waals surface area contributed by atoms with Gasteiger partial charge in [0.05, 0.1) is 7.85 Å². The summed E-state index contributed by atoms with van der Waals surface area (Å²) in [4.78, 5) is 0. The Hall–Kier alpha value is -1.76. The second-order valence-electron chi connectivity index (χ2n) is 4.54. The van der Waals surface area contributed by atoms with E-state index in [1.165, 1.54) is 27.8 Å². The van der Waals surface area contributed by atoms with Crippen LogP contribution in [0.25, 0.3) is 17.2 Å². The van der Waals surface area contributed by atoms with Crippen LogP contribution in [0.2, 0.25) is 0 Å². The number of fused-ring (bicyclic) bond motifs is 1. The molecule has 0 N–H and O–H groups in total. The summed E-state index contributed by atoms with van der Waals surface area (Å²) in [6.07, 6.45) is 2.21. The smallest absolute Gasteiger partial charge is 0.0740 e. The van der Waals surface area contributed by atoms with E-state index in [9.17, 15) is 0 Å². The van der Waals surface area contributed by atoms with Crippen molar-refractivity contribution in [2.75, 3.05) is 0 Å². The summed E-state index contributed by atoms with van der Waals surface area (Å²) in [6, 6.07) is 16.8. The first kappa shape index (κ1) is 10.4. The Kier molecular flexibility index (Phi) is 2.40. The van der Waals surface area contributed by atoms with Gasteiger partial charge in [-0.15, -0.1) is 0 Å². The fourth-order valence-electron chi connectivity index (χ4n) is 2.45. The van der Waals surface area contributed by atoms with Gasteiger partial charge in [-0.25, -0.2) is 0 Å². The number of benzene rings is 2. The third kappa shape index (κ3) is 1.63. The second-order valence-corrected chi connectivity index (χ2v) is 4.54. The average molecular weight is 216 g/mol. The fraction of sp³-hybridized carbons (Fsp3) is 0.125. The summed E-state index contributed by atoms with van der Waals surface area (Å²) < 4.78 is 0. The highest BCUT2D eigenvalue weighted by atomic mass is 14.2. The standard InChI is InChI=1S/C16H13B/c1-11-10-15-13(12-6-3-2-4-7-12)8-5-9-14(15)16(11)17/h2-10,16H,1H3. The van der Waals surface area contributed by atoms with Crippen molar-refractivity contribution in [3.63, 3.8) is 0 Å². The van der Waals surface area contributed by atoms with Crippen molar-refractivity contribution in [2.24, 2.45) is 0 Å². The van der Waals surface area contributed by atoms with Gasteiger partial charge in [-0.2, -0.15) is 0 Å². The third-order valence-electron chi connectivity index (χ3n) is 3.42. The molecule has 2 radical (unpaired) electrons. The van der Waals surface area contributed by atoms with E-state index >= 15 is 0 Å². The van der Waals surface area contributed by atoms with E-state index in [-0.39, 0.29) is 5.82 Å². The summed E-state index contributed by atoms with van der Waals surface area (Å²) in [7, 11) is 6.17. The van der Waals surface area contributed by atoms with Crippen molar-refractivity contribution in [3.05, 3.63) is 65.2 Å². The molecular formula is C16H13B. The van der Waals surface area contributed by atoms with Gasteiger partial charge in [0.15, 0.2) is 0 Å². The molecule has 80 valence electrons. The van der Waals surface area contributed by atoms with Gasteiger partial charge in [-0.3, -0.25) is 0 Å². The lowest BCUT2D eigenvalue weighted by Crippen LogP contribution is -1.95. The molecule has 0 amide bonds. The van der Waals surface area contributed by atoms with Crippen LogP contribution in [0.5, 0.6) is 0 Å². The Morgan fingerprint density at radius 2 is 1.71 bits per heavy atom. The van der Waals surface area contributed by atoms with Crippen LogP contribution in [0, 0.1) is 0 Å². The van der Waals surface area contributed by atoms with Crippen molar-refractivity contribution in [3.8, 4) is 11.1 Å². The lowest BCUT2D eigenvalue weighted by atomic mass is 9.78. The fourth-order valence-corrected chi connectivity index (χ4v) is 2.45. The van der Waals surface area contributed by atoms with E-state index in [4.69, 9.17) is 7.85 Å². The topological polar surface area (TPSA) is 0 Å². The largest absolute Gasteiger partial charge is 0.0823 e. The Balaban J connectivity index is 2.22. The van der Waals surface area contributed by atoms with Crippen LogP contribution in [0.4, 0.5) is 0 Å². The first-order valence-electron chi connectivity index (χ1n) is 5.89. The zero-order valence-electron chi connectivity index (χ0n) is 9.85. The molecule has 0 saturated heterocycles. The molecule has 2 aromatic rings. The quantitative estimate of drug-likeness (QED) is 0.632. The van der Waals surface area contributed by atoms with Crippen molar-refractivity contribution < 1.29 is 0 Å². The molecular weight excluding hydrogens is 203 g/mol. The molecule has 1 aliphatic rings. The minimum atomic E-state index is 0.0636. The lowest BCUT2D eigenvalue weighted by molar-refractivity contribution is 1.14. The van der Waals surface area contributed by atoms with E-state index in [1.54, 1.807) is 0 Å². The van der Waals surface area contributed by atoms with E-state index in [2.05, 4.69) is 55.5 Å². The number of rotatable bonds is 1. The summed E-state index contributed by atoms with van der Waals surface area (Å²) in [5.74, 6) is 0.0636. The number of hydrogen-bond acceptors (Lipinski definition) is 0. The molecule has 0 fully saturated rings. The van der Waals surface area contributed by atoms with Gasteiger partial charge in [0, 0.05) is 0 Å². The molecule has 0 saturated carbocycles. The van der Waals surface area contributed by atoms with E-state index in [0.717, 1.165) is 0 Å². The molecule has 0 aromatic heterocycles. The summed E-state index contributed by atoms with van der Waals surface area (Å²) in [6.45, 7) is 2.10. The third-order valence-corrected chi connectivity index (χ3v) is 3.42. The predicted octanol–water partition coefficient (Wildman–Crippen LogP) is 3.98. The van der Waals surface area contributed by atoms with Crippen molar-refractivity contribution in [1.29, 1.82) is 0 Å². The molecule has 0 nitrogen and oxygen atoms in total. The minimum absolute atomic E-state index is 0.0636. The first-order valence-corrected chi connectivity index (χ1v) is 5.89. The first-order chi connectivity index (χ1) is 8.27. The molecule has 1 aliphatic carbocycles. The molecule has 2 aromatic carbocycles. The molecule has 3 rings (SSSR count). The highest BCUT2D eigenvalue weighted by Crippen LogP contribution is 2.39. The maximum atomic E-state index is 6.17. The van der Waals surface area contributed by atoms with E-state index in [0.29, 0.717) is 0 Å². The highest BCUT2D eigenvalue weighted by molar-refractivity contribution is 6.16. The van der Waals surface area contributed by atoms with Gasteiger partial charge in [-0.05, 0) is 35.0 Å². The Labute approximate surface area is 103 Å². The minimum Gasteiger partial charge on any atom is -0.0740 e. The van der Waals surface area contributed by atoms with Crippen LogP contribution in [-0.4, -0.2) is 7.85 Å². The zero-order chi connectivity index (χ0) is 11.8. The van der Waals surface area contributed by atoms with Crippen LogP contribution in [0.15, 0.2) is 54.1 Å². The van der Waals surface area contributed by atoms with E-state index in [1.807, 2.05) is 6.07 Å². The monoisotopic (exact) mass is 216 g/mol. The van der Waals surface area contributed by atoms with Crippen LogP contribution < -0.4 is 0 Å². The molecule has 0 aliphatic heterocycles. The zero-order valence-corrected chi connectivity index (χ0v) is 9.85. The Morgan fingerprint density at radius 3 is 2.47 bits per heavy atom. The van der Waals surface area contributed by atoms with Crippen molar-refractivity contribution in [2.45, 2.75) is 12.7 Å². The molecule has 0 bridgehead atoms. The predicted molar refractivity (Wildman–Crippen MR) is 74.0 cm³/mol. The average Bonchev–Trinajstić information content (AvgIpc) is 2.67. The maximum absolute atomic E-state index is 6.17. The van der Waals surface area contributed by atoms with Gasteiger partial charge in [-0.1, -0.05) is 60.2 Å². The molecule has 1 atom stereocenters. The van der Waals surface area contributed by atoms with Gasteiger partial charge < -0.3 is 0 Å². The Bertz CT molecular complexity index is 582. The van der Waals surface area contributed by atoms with E-state index < -0.39 is 0 Å². The van der Waals surface area contributed by atoms with Crippen LogP contribution in [-0.2, 0) is 0 Å². The van der Waals surface area contributed by atoms with Crippen molar-refractivity contribution >= 4 is 13.9 Å². The highest BCUT2D eigenvalue weighted by Gasteiger charge is 2.20. The van der Waals surface area contributed by atoms with Crippen molar-refractivity contribution in [1.82, 2.24) is 0 Å². The summed E-state index contributed by atoms with van der Waals surface area (Å²) in [5, 5.41) is 0. The van der Waals surface area contributed by atoms with Gasteiger partial charge >= 0.3 is 0 Å². The molecule has 0 spiro atoms.